The van der Waals surface area contributed by atoms with Gasteiger partial charge in [0.2, 0.25) is 17.5 Å². The van der Waals surface area contributed by atoms with E-state index in [0.29, 0.717) is 6.54 Å². The van der Waals surface area contributed by atoms with Gasteiger partial charge in [0.05, 0.1) is 6.04 Å². The van der Waals surface area contributed by atoms with Crippen LogP contribution in [0.5, 0.6) is 5.75 Å². The Morgan fingerprint density at radius 2 is 2.03 bits per heavy atom. The van der Waals surface area contributed by atoms with Crippen molar-refractivity contribution in [3.63, 3.8) is 0 Å². The molecule has 1 aliphatic rings. The number of hydrogen-bond donors (Lipinski definition) is 1. The van der Waals surface area contributed by atoms with E-state index in [9.17, 15) is 9.65 Å². The van der Waals surface area contributed by atoms with Gasteiger partial charge in [0, 0.05) is 6.54 Å². The van der Waals surface area contributed by atoms with Crippen molar-refractivity contribution < 1.29 is 18.0 Å². The van der Waals surface area contributed by atoms with Gasteiger partial charge in [-0.25, -0.2) is 4.39 Å². The van der Waals surface area contributed by atoms with E-state index in [2.05, 4.69) is 22.1 Å². The lowest BCUT2D eigenvalue weighted by Crippen LogP contribution is -2.39. The number of para-hydroxylation sites is 1. The molecule has 0 radical (unpaired) electrons. The van der Waals surface area contributed by atoms with E-state index in [1.807, 2.05) is 25.1 Å². The molecule has 0 saturated carbocycles. The second-order valence-corrected chi connectivity index (χ2v) is 8.18. The van der Waals surface area contributed by atoms with Gasteiger partial charge >= 0.3 is 0 Å². The third kappa shape index (κ3) is 5.11. The second kappa shape index (κ2) is 9.88. The molecule has 7 nitrogen and oxygen atoms in total. The van der Waals surface area contributed by atoms with Crippen LogP contribution in [-0.2, 0) is 6.61 Å². The Balaban J connectivity index is 1.45. The first-order chi connectivity index (χ1) is 15.5. The topological polar surface area (TPSA) is 87.5 Å². The molecule has 1 atom stereocenters. The summed E-state index contributed by atoms with van der Waals surface area (Å²) in [6.07, 6.45) is 2.28. The number of benzene rings is 1. The lowest BCUT2D eigenvalue weighted by Gasteiger charge is -2.35. The predicted molar refractivity (Wildman–Crippen MR) is 117 cm³/mol. The number of piperidine rings is 1. The number of aryl methyl sites for hydroxylation is 1. The molecule has 0 amide bonds. The number of aromatic nitrogens is 1. The summed E-state index contributed by atoms with van der Waals surface area (Å²) in [6, 6.07) is 12.1. The molecule has 1 N–H and O–H groups in total. The van der Waals surface area contributed by atoms with Crippen LogP contribution in [0.1, 0.15) is 48.9 Å². The Labute approximate surface area is 186 Å². The van der Waals surface area contributed by atoms with Gasteiger partial charge in [-0.15, -0.1) is 0 Å². The molecule has 1 aliphatic heterocycles. The summed E-state index contributed by atoms with van der Waals surface area (Å²) in [5.74, 6) is 2.57. The van der Waals surface area contributed by atoms with Gasteiger partial charge in [0.25, 0.3) is 0 Å². The van der Waals surface area contributed by atoms with Gasteiger partial charge in [0.1, 0.15) is 17.6 Å². The molecule has 2 aromatic heterocycles. The Bertz CT molecular complexity index is 1080. The van der Waals surface area contributed by atoms with Crippen molar-refractivity contribution >= 4 is 5.88 Å². The van der Waals surface area contributed by atoms with Crippen molar-refractivity contribution in [2.75, 3.05) is 25.0 Å². The fraction of sp³-hybridized carbons (Fsp3) is 0.417. The van der Waals surface area contributed by atoms with Crippen LogP contribution in [-0.4, -0.2) is 29.5 Å². The molecule has 1 saturated heterocycles. The molecule has 168 valence electrons. The average Bonchev–Trinajstić information content (AvgIpc) is 3.40. The van der Waals surface area contributed by atoms with Crippen molar-refractivity contribution in [2.24, 2.45) is 5.92 Å². The minimum Gasteiger partial charge on any atom is -0.481 e. The van der Waals surface area contributed by atoms with Crippen molar-refractivity contribution in [2.45, 2.75) is 39.3 Å². The SMILES string of the molecule is Cc1ccc(C(CNc2oc(COc3ccccc3F)nc2C#N)N2CCC(C)CC2)o1. The van der Waals surface area contributed by atoms with E-state index in [1.165, 1.54) is 12.1 Å². The second-order valence-electron chi connectivity index (χ2n) is 8.18. The summed E-state index contributed by atoms with van der Waals surface area (Å²) in [5.41, 5.74) is 0.138. The van der Waals surface area contributed by atoms with Gasteiger partial charge in [0.15, 0.2) is 18.2 Å². The molecule has 8 heteroatoms. The highest BCUT2D eigenvalue weighted by Gasteiger charge is 2.27. The number of anilines is 1. The number of ether oxygens (including phenoxy) is 1. The Morgan fingerprint density at radius 3 is 2.72 bits per heavy atom. The van der Waals surface area contributed by atoms with E-state index in [1.54, 1.807) is 12.1 Å². The summed E-state index contributed by atoms with van der Waals surface area (Å²) in [7, 11) is 0. The quantitative estimate of drug-likeness (QED) is 0.526. The third-order valence-corrected chi connectivity index (χ3v) is 5.77. The van der Waals surface area contributed by atoms with E-state index >= 15 is 0 Å². The molecule has 3 aromatic rings. The number of hydrogen-bond acceptors (Lipinski definition) is 7. The molecule has 3 heterocycles. The molecule has 1 unspecified atom stereocenters. The standard InChI is InChI=1S/C24H27FN4O3/c1-16-9-11-29(12-10-16)20(22-8-7-17(2)31-22)14-27-24-19(13-26)28-23(32-24)15-30-21-6-4-3-5-18(21)25/h3-8,16,20,27H,9-12,14-15H2,1-2H3. The average molecular weight is 439 g/mol. The minimum absolute atomic E-state index is 0.00552. The van der Waals surface area contributed by atoms with Crippen LogP contribution in [0, 0.1) is 30.0 Å². The highest BCUT2D eigenvalue weighted by molar-refractivity contribution is 5.45. The maximum atomic E-state index is 13.8. The zero-order valence-electron chi connectivity index (χ0n) is 18.3. The molecule has 32 heavy (non-hydrogen) atoms. The van der Waals surface area contributed by atoms with Crippen molar-refractivity contribution in [3.8, 4) is 11.8 Å². The zero-order chi connectivity index (χ0) is 22.5. The number of halogens is 1. The fourth-order valence-corrected chi connectivity index (χ4v) is 3.89. The molecule has 0 aliphatic carbocycles. The first kappa shape index (κ1) is 21.9. The Kier molecular flexibility index (Phi) is 6.76. The zero-order valence-corrected chi connectivity index (χ0v) is 18.3. The summed E-state index contributed by atoms with van der Waals surface area (Å²) in [5, 5.41) is 12.7. The van der Waals surface area contributed by atoms with Gasteiger partial charge < -0.3 is 18.9 Å². The van der Waals surface area contributed by atoms with Crippen LogP contribution in [0.15, 0.2) is 45.2 Å². The summed E-state index contributed by atoms with van der Waals surface area (Å²) >= 11 is 0. The predicted octanol–water partition coefficient (Wildman–Crippen LogP) is 5.05. The van der Waals surface area contributed by atoms with Crippen molar-refractivity contribution in [1.29, 1.82) is 5.26 Å². The summed E-state index contributed by atoms with van der Waals surface area (Å²) in [6.45, 7) is 6.59. The van der Waals surface area contributed by atoms with E-state index in [0.717, 1.165) is 43.4 Å². The highest BCUT2D eigenvalue weighted by atomic mass is 19.1. The van der Waals surface area contributed by atoms with Crippen LogP contribution in [0.4, 0.5) is 10.3 Å². The molecule has 0 bridgehead atoms. The number of rotatable bonds is 8. The van der Waals surface area contributed by atoms with Gasteiger partial charge in [-0.05, 0) is 63.0 Å². The number of oxazole rings is 1. The monoisotopic (exact) mass is 438 g/mol. The minimum atomic E-state index is -0.467. The lowest BCUT2D eigenvalue weighted by atomic mass is 9.97. The third-order valence-electron chi connectivity index (χ3n) is 5.77. The number of nitriles is 1. The molecular weight excluding hydrogens is 411 g/mol. The molecule has 0 spiro atoms. The number of furan rings is 1. The van der Waals surface area contributed by atoms with Gasteiger partial charge in [-0.2, -0.15) is 10.2 Å². The fourth-order valence-electron chi connectivity index (χ4n) is 3.89. The van der Waals surface area contributed by atoms with Gasteiger partial charge in [-0.3, -0.25) is 4.90 Å². The first-order valence-corrected chi connectivity index (χ1v) is 10.8. The lowest BCUT2D eigenvalue weighted by molar-refractivity contribution is 0.128. The smallest absolute Gasteiger partial charge is 0.236 e. The van der Waals surface area contributed by atoms with Crippen LogP contribution in [0.25, 0.3) is 0 Å². The van der Waals surface area contributed by atoms with E-state index in [-0.39, 0.29) is 35.9 Å². The highest BCUT2D eigenvalue weighted by Crippen LogP contribution is 2.29. The van der Waals surface area contributed by atoms with Crippen LogP contribution >= 0.6 is 0 Å². The first-order valence-electron chi connectivity index (χ1n) is 10.8. The Morgan fingerprint density at radius 1 is 1.25 bits per heavy atom. The van der Waals surface area contributed by atoms with Crippen LogP contribution < -0.4 is 10.1 Å². The maximum absolute atomic E-state index is 13.8. The summed E-state index contributed by atoms with van der Waals surface area (Å²) in [4.78, 5) is 6.57. The number of nitrogens with zero attached hydrogens (tertiary/aromatic N) is 3. The maximum Gasteiger partial charge on any atom is 0.236 e. The Hall–Kier alpha value is -3.31. The molecular formula is C24H27FN4O3. The van der Waals surface area contributed by atoms with Crippen molar-refractivity contribution in [3.05, 3.63) is 65.3 Å². The molecule has 1 fully saturated rings. The van der Waals surface area contributed by atoms with Crippen LogP contribution in [0.2, 0.25) is 0 Å². The molecule has 4 rings (SSSR count). The number of nitrogens with one attached hydrogen (secondary N) is 1. The van der Waals surface area contributed by atoms with Gasteiger partial charge in [-0.1, -0.05) is 19.1 Å². The largest absolute Gasteiger partial charge is 0.481 e. The van der Waals surface area contributed by atoms with E-state index < -0.39 is 5.82 Å². The molecule has 1 aromatic carbocycles. The summed E-state index contributed by atoms with van der Waals surface area (Å²) < 4.78 is 30.9. The van der Waals surface area contributed by atoms with Crippen LogP contribution in [0.3, 0.4) is 0 Å². The van der Waals surface area contributed by atoms with Crippen molar-refractivity contribution in [1.82, 2.24) is 9.88 Å². The van der Waals surface area contributed by atoms with E-state index in [4.69, 9.17) is 13.6 Å². The normalized spacial score (nSPS) is 15.9. The number of likely N-dealkylation sites (tertiary alicyclic amines) is 1.